The maximum Gasteiger partial charge on any atom is 0.0202 e. The molecule has 0 amide bonds. The molecule has 1 fully saturated rings. The summed E-state index contributed by atoms with van der Waals surface area (Å²) >= 11 is 0. The average Bonchev–Trinajstić information content (AvgIpc) is 3.69. The van der Waals surface area contributed by atoms with E-state index in [0.717, 1.165) is 5.22 Å². The molecular weight excluding hydrogens is 649 g/mol. The Bertz CT molecular complexity index is 2250. The molecule has 0 saturated heterocycles. The fourth-order valence-corrected chi connectivity index (χ4v) is 8.65. The second-order valence-corrected chi connectivity index (χ2v) is 16.2. The second-order valence-electron chi connectivity index (χ2n) is 16.2. The van der Waals surface area contributed by atoms with Crippen LogP contribution in [0, 0.1) is 20.8 Å². The van der Waals surface area contributed by atoms with Gasteiger partial charge in [0.25, 0.3) is 0 Å². The quantitative estimate of drug-likeness (QED) is 0.128. The predicted molar refractivity (Wildman–Crippen MR) is 238 cm³/mol. The highest BCUT2D eigenvalue weighted by Gasteiger charge is 2.37. The Labute approximate surface area is 326 Å². The van der Waals surface area contributed by atoms with E-state index in [4.69, 9.17) is 0 Å². The minimum absolute atomic E-state index is 0.0849. The third-order valence-corrected chi connectivity index (χ3v) is 12.4. The minimum Gasteiger partial charge on any atom is -0.0909 e. The van der Waals surface area contributed by atoms with Crippen molar-refractivity contribution < 1.29 is 0 Å². The molecule has 0 heteroatoms. The van der Waals surface area contributed by atoms with Crippen molar-refractivity contribution in [1.82, 2.24) is 0 Å². The van der Waals surface area contributed by atoms with Crippen molar-refractivity contribution in [3.05, 3.63) is 193 Å². The smallest absolute Gasteiger partial charge is 0.0202 e. The van der Waals surface area contributed by atoms with Crippen molar-refractivity contribution in [3.63, 3.8) is 0 Å². The maximum atomic E-state index is 4.44. The van der Waals surface area contributed by atoms with Gasteiger partial charge in [-0.3, -0.25) is 0 Å². The first-order valence-corrected chi connectivity index (χ1v) is 20.2. The Hall–Kier alpha value is -4.94. The van der Waals surface area contributed by atoms with Crippen LogP contribution in [0.3, 0.4) is 0 Å². The van der Waals surface area contributed by atoms with Crippen molar-refractivity contribution in [2.24, 2.45) is 0 Å². The molecule has 2 unspecified atom stereocenters. The highest BCUT2D eigenvalue weighted by molar-refractivity contribution is 5.70. The average molecular weight is 709 g/mol. The van der Waals surface area contributed by atoms with Crippen molar-refractivity contribution in [2.75, 3.05) is 0 Å². The lowest BCUT2D eigenvalue weighted by atomic mass is 9.72. The fourth-order valence-electron chi connectivity index (χ4n) is 8.65. The van der Waals surface area contributed by atoms with Crippen molar-refractivity contribution >= 4 is 30.4 Å². The Kier molecular flexibility index (Phi) is 12.2. The first kappa shape index (κ1) is 38.8. The summed E-state index contributed by atoms with van der Waals surface area (Å²) < 4.78 is 0. The molecule has 0 spiro atoms. The van der Waals surface area contributed by atoms with Crippen LogP contribution in [-0.2, 0) is 5.41 Å². The van der Waals surface area contributed by atoms with Gasteiger partial charge in [-0.15, -0.1) is 0 Å². The minimum atomic E-state index is 0.0849. The van der Waals surface area contributed by atoms with Gasteiger partial charge >= 0.3 is 0 Å². The van der Waals surface area contributed by atoms with Crippen LogP contribution < -0.4 is 10.4 Å². The van der Waals surface area contributed by atoms with Crippen molar-refractivity contribution in [2.45, 2.75) is 104 Å². The standard InChI is InChI=1S/C54H60/c1-37(2)53-41(6)20-24-50(44(53)9)23-19-40(5)47-29-33-52(34-30-47)54(35-13-14-36-54)51-31-27-46(28-32-51)39(4)18-22-49-26-25-48(42(7)43(49)8)21-17-38(3)45-15-11-10-12-16-45/h10-12,15-34,37-39H,9,13-14,35-36H2,1-8H3/b21-17-,22-18-,40-19+,50-23-. The summed E-state index contributed by atoms with van der Waals surface area (Å²) in [4.78, 5) is 0. The van der Waals surface area contributed by atoms with Gasteiger partial charge in [0.15, 0.2) is 0 Å². The van der Waals surface area contributed by atoms with Gasteiger partial charge in [-0.25, -0.2) is 0 Å². The van der Waals surface area contributed by atoms with E-state index in [1.165, 1.54) is 97.7 Å². The lowest BCUT2D eigenvalue weighted by Gasteiger charge is -2.31. The molecule has 2 atom stereocenters. The molecule has 54 heavy (non-hydrogen) atoms. The SMILES string of the molecule is C=c1c(C(C)C)c(C)cc/c1=C/C=C(\C)c1ccc(C2(c3ccc(C(C)/C=C\c4ccc(/C=C\C(C)c5ccccc5)c(C)c4C)cc3)CCCC2)cc1. The molecule has 5 aromatic carbocycles. The summed E-state index contributed by atoms with van der Waals surface area (Å²) in [7, 11) is 0. The normalized spacial score (nSPS) is 16.2. The van der Waals surface area contributed by atoms with E-state index in [2.05, 4.69) is 202 Å². The number of benzene rings is 5. The maximum absolute atomic E-state index is 4.44. The second kappa shape index (κ2) is 17.0. The lowest BCUT2D eigenvalue weighted by Crippen LogP contribution is -2.28. The molecule has 0 bridgehead atoms. The molecule has 5 aromatic rings. The van der Waals surface area contributed by atoms with E-state index >= 15 is 0 Å². The summed E-state index contributed by atoms with van der Waals surface area (Å²) in [6.07, 6.45) is 18.7. The molecular formula is C54H60. The first-order chi connectivity index (χ1) is 26.0. The van der Waals surface area contributed by atoms with Crippen LogP contribution in [0.5, 0.6) is 0 Å². The van der Waals surface area contributed by atoms with Gasteiger partial charge in [0.1, 0.15) is 0 Å². The van der Waals surface area contributed by atoms with Gasteiger partial charge in [0.05, 0.1) is 0 Å². The zero-order valence-electron chi connectivity index (χ0n) is 34.0. The number of hydrogen-bond donors (Lipinski definition) is 0. The first-order valence-electron chi connectivity index (χ1n) is 20.2. The van der Waals surface area contributed by atoms with Gasteiger partial charge in [-0.05, 0) is 135 Å². The molecule has 1 saturated carbocycles. The van der Waals surface area contributed by atoms with Crippen LogP contribution in [0.2, 0.25) is 0 Å². The van der Waals surface area contributed by atoms with Crippen molar-refractivity contribution in [3.8, 4) is 0 Å². The van der Waals surface area contributed by atoms with E-state index in [9.17, 15) is 0 Å². The van der Waals surface area contributed by atoms with Gasteiger partial charge < -0.3 is 0 Å². The summed E-state index contributed by atoms with van der Waals surface area (Å²) in [5, 5.41) is 2.35. The van der Waals surface area contributed by atoms with Crippen LogP contribution in [0.25, 0.3) is 30.4 Å². The molecule has 276 valence electrons. The molecule has 0 nitrogen and oxygen atoms in total. The molecule has 0 aromatic heterocycles. The summed E-state index contributed by atoms with van der Waals surface area (Å²) in [6.45, 7) is 22.4. The molecule has 1 aliphatic carbocycles. The third kappa shape index (κ3) is 8.39. The number of allylic oxidation sites excluding steroid dienone is 4. The van der Waals surface area contributed by atoms with E-state index in [1.807, 2.05) is 0 Å². The van der Waals surface area contributed by atoms with Gasteiger partial charge in [-0.2, -0.15) is 0 Å². The van der Waals surface area contributed by atoms with Crippen LogP contribution in [0.1, 0.15) is 139 Å². The summed E-state index contributed by atoms with van der Waals surface area (Å²) in [6, 6.07) is 38.7. The zero-order valence-corrected chi connectivity index (χ0v) is 34.0. The Morgan fingerprint density at radius 3 is 1.69 bits per heavy atom. The number of hydrogen-bond acceptors (Lipinski definition) is 0. The highest BCUT2D eigenvalue weighted by atomic mass is 14.4. The van der Waals surface area contributed by atoms with E-state index in [-0.39, 0.29) is 5.41 Å². The van der Waals surface area contributed by atoms with Crippen molar-refractivity contribution in [1.29, 1.82) is 0 Å². The van der Waals surface area contributed by atoms with E-state index < -0.39 is 0 Å². The third-order valence-electron chi connectivity index (χ3n) is 12.4. The van der Waals surface area contributed by atoms with Crippen LogP contribution in [-0.4, -0.2) is 0 Å². The number of rotatable bonds is 11. The molecule has 0 N–H and O–H groups in total. The Morgan fingerprint density at radius 2 is 1.15 bits per heavy atom. The van der Waals surface area contributed by atoms with Gasteiger partial charge in [0, 0.05) is 5.41 Å². The van der Waals surface area contributed by atoms with E-state index in [0.29, 0.717) is 17.8 Å². The molecule has 6 rings (SSSR count). The molecule has 1 aliphatic rings. The molecule has 0 aliphatic heterocycles. The highest BCUT2D eigenvalue weighted by Crippen LogP contribution is 2.47. The molecule has 0 radical (unpaired) electrons. The lowest BCUT2D eigenvalue weighted by molar-refractivity contribution is 0.535. The predicted octanol–water partition coefficient (Wildman–Crippen LogP) is 13.5. The Morgan fingerprint density at radius 1 is 0.630 bits per heavy atom. The topological polar surface area (TPSA) is 0 Å². The molecule has 0 heterocycles. The summed E-state index contributed by atoms with van der Waals surface area (Å²) in [5.41, 5.74) is 16.2. The summed E-state index contributed by atoms with van der Waals surface area (Å²) in [5.74, 6) is 1.18. The van der Waals surface area contributed by atoms with Crippen LogP contribution in [0.4, 0.5) is 0 Å². The van der Waals surface area contributed by atoms with Gasteiger partial charge in [0.2, 0.25) is 0 Å². The zero-order chi connectivity index (χ0) is 38.4. The largest absolute Gasteiger partial charge is 0.0909 e. The van der Waals surface area contributed by atoms with Crippen LogP contribution >= 0.6 is 0 Å². The van der Waals surface area contributed by atoms with Crippen LogP contribution in [0.15, 0.2) is 121 Å². The van der Waals surface area contributed by atoms with E-state index in [1.54, 1.807) is 0 Å². The van der Waals surface area contributed by atoms with Gasteiger partial charge in [-0.1, -0.05) is 187 Å². The fraction of sp³-hybridized carbons (Fsp3) is 0.296. The number of aryl methyl sites for hydroxylation is 1. The monoisotopic (exact) mass is 708 g/mol. The Balaban J connectivity index is 1.16.